The summed E-state index contributed by atoms with van der Waals surface area (Å²) in [4.78, 5) is 18.3. The first-order valence-electron chi connectivity index (χ1n) is 6.91. The normalized spacial score (nSPS) is 10.8. The van der Waals surface area contributed by atoms with Crippen molar-refractivity contribution in [2.45, 2.75) is 26.2 Å². The van der Waals surface area contributed by atoms with Crippen LogP contribution in [0.4, 0.5) is 0 Å². The quantitative estimate of drug-likeness (QED) is 0.645. The first-order valence-corrected chi connectivity index (χ1v) is 6.91. The molecule has 0 spiro atoms. The van der Waals surface area contributed by atoms with Crippen molar-refractivity contribution in [1.82, 2.24) is 20.1 Å². The number of ether oxygens (including phenoxy) is 2. The maximum absolute atomic E-state index is 12.3. The van der Waals surface area contributed by atoms with E-state index in [-0.39, 0.29) is 11.7 Å². The van der Waals surface area contributed by atoms with Crippen LogP contribution in [-0.4, -0.2) is 66.5 Å². The average molecular weight is 284 g/mol. The molecule has 0 fully saturated rings. The van der Waals surface area contributed by atoms with E-state index in [0.717, 1.165) is 25.1 Å². The molecule has 20 heavy (non-hydrogen) atoms. The van der Waals surface area contributed by atoms with Gasteiger partial charge < -0.3 is 14.4 Å². The number of amides is 1. The van der Waals surface area contributed by atoms with E-state index in [0.29, 0.717) is 26.3 Å². The Kier molecular flexibility index (Phi) is 7.82. The molecule has 114 valence electrons. The fourth-order valence-electron chi connectivity index (χ4n) is 1.80. The molecule has 0 aliphatic rings. The van der Waals surface area contributed by atoms with Gasteiger partial charge in [0, 0.05) is 40.3 Å². The zero-order valence-corrected chi connectivity index (χ0v) is 12.5. The van der Waals surface area contributed by atoms with Crippen LogP contribution in [0.3, 0.4) is 0 Å². The Bertz CT molecular complexity index is 395. The second-order valence-corrected chi connectivity index (χ2v) is 4.49. The zero-order valence-electron chi connectivity index (χ0n) is 12.5. The van der Waals surface area contributed by atoms with Gasteiger partial charge in [-0.05, 0) is 12.8 Å². The highest BCUT2D eigenvalue weighted by Crippen LogP contribution is 2.03. The third kappa shape index (κ3) is 5.26. The summed E-state index contributed by atoms with van der Waals surface area (Å²) < 4.78 is 10.0. The summed E-state index contributed by atoms with van der Waals surface area (Å²) in [6.07, 6.45) is 2.53. The number of nitrogens with one attached hydrogen (secondary N) is 1. The predicted molar refractivity (Wildman–Crippen MR) is 74.7 cm³/mol. The van der Waals surface area contributed by atoms with Crippen LogP contribution in [0.5, 0.6) is 0 Å². The van der Waals surface area contributed by atoms with Gasteiger partial charge in [0.15, 0.2) is 0 Å². The molecule has 0 atom stereocenters. The third-order valence-corrected chi connectivity index (χ3v) is 2.84. The Labute approximate surface area is 119 Å². The van der Waals surface area contributed by atoms with Crippen LogP contribution in [0.25, 0.3) is 0 Å². The van der Waals surface area contributed by atoms with Gasteiger partial charge in [-0.15, -0.1) is 5.10 Å². The number of aromatic amines is 1. The molecular formula is C13H24N4O3. The Morgan fingerprint density at radius 1 is 1.25 bits per heavy atom. The maximum atomic E-state index is 12.3. The van der Waals surface area contributed by atoms with Crippen molar-refractivity contribution in [3.8, 4) is 0 Å². The molecule has 1 rings (SSSR count). The van der Waals surface area contributed by atoms with Gasteiger partial charge in [0.1, 0.15) is 5.82 Å². The van der Waals surface area contributed by atoms with Gasteiger partial charge in [0.2, 0.25) is 5.82 Å². The van der Waals surface area contributed by atoms with Crippen LogP contribution in [0.1, 0.15) is 36.2 Å². The summed E-state index contributed by atoms with van der Waals surface area (Å²) in [5.74, 6) is 0.804. The lowest BCUT2D eigenvalue weighted by atomic mass is 10.3. The largest absolute Gasteiger partial charge is 0.385 e. The number of aryl methyl sites for hydroxylation is 1. The molecule has 0 unspecified atom stereocenters. The number of carbonyl (C=O) groups excluding carboxylic acids is 1. The number of aromatic nitrogens is 3. The summed E-state index contributed by atoms with van der Waals surface area (Å²) in [5, 5.41) is 6.79. The standard InChI is InChI=1S/C13H24N4O3/c1-4-6-11-14-12(16-15-11)13(18)17(8-10-20-3)7-5-9-19-2/h4-10H2,1-3H3,(H,14,15,16). The van der Waals surface area contributed by atoms with Crippen LogP contribution in [-0.2, 0) is 15.9 Å². The second-order valence-electron chi connectivity index (χ2n) is 4.49. The minimum atomic E-state index is -0.170. The van der Waals surface area contributed by atoms with Crippen molar-refractivity contribution in [2.75, 3.05) is 40.5 Å². The van der Waals surface area contributed by atoms with Crippen LogP contribution >= 0.6 is 0 Å². The van der Waals surface area contributed by atoms with Crippen LogP contribution in [0.2, 0.25) is 0 Å². The van der Waals surface area contributed by atoms with Gasteiger partial charge >= 0.3 is 0 Å². The van der Waals surface area contributed by atoms with E-state index in [2.05, 4.69) is 22.1 Å². The number of hydrogen-bond acceptors (Lipinski definition) is 5. The third-order valence-electron chi connectivity index (χ3n) is 2.84. The van der Waals surface area contributed by atoms with E-state index in [1.54, 1.807) is 19.1 Å². The minimum Gasteiger partial charge on any atom is -0.385 e. The van der Waals surface area contributed by atoms with Crippen LogP contribution in [0, 0.1) is 0 Å². The number of carbonyl (C=O) groups is 1. The molecule has 0 aromatic carbocycles. The predicted octanol–water partition coefficient (Wildman–Crippen LogP) is 0.882. The zero-order chi connectivity index (χ0) is 14.8. The number of hydrogen-bond donors (Lipinski definition) is 1. The molecule has 0 saturated carbocycles. The van der Waals surface area contributed by atoms with E-state index in [1.807, 2.05) is 0 Å². The van der Waals surface area contributed by atoms with Gasteiger partial charge in [-0.25, -0.2) is 4.98 Å². The van der Waals surface area contributed by atoms with E-state index in [1.165, 1.54) is 0 Å². The summed E-state index contributed by atoms with van der Waals surface area (Å²) in [6, 6.07) is 0. The van der Waals surface area contributed by atoms with Gasteiger partial charge in [0.25, 0.3) is 5.91 Å². The number of H-pyrrole nitrogens is 1. The molecule has 1 N–H and O–H groups in total. The molecule has 0 radical (unpaired) electrons. The molecule has 0 bridgehead atoms. The molecule has 7 nitrogen and oxygen atoms in total. The Hall–Kier alpha value is -1.47. The molecule has 0 saturated heterocycles. The van der Waals surface area contributed by atoms with E-state index < -0.39 is 0 Å². The highest BCUT2D eigenvalue weighted by Gasteiger charge is 2.19. The number of methoxy groups -OCH3 is 2. The highest BCUT2D eigenvalue weighted by atomic mass is 16.5. The second kappa shape index (κ2) is 9.44. The summed E-state index contributed by atoms with van der Waals surface area (Å²) in [5.41, 5.74) is 0. The fourth-order valence-corrected chi connectivity index (χ4v) is 1.80. The van der Waals surface area contributed by atoms with Crippen molar-refractivity contribution in [2.24, 2.45) is 0 Å². The Balaban J connectivity index is 2.63. The molecule has 7 heteroatoms. The van der Waals surface area contributed by atoms with E-state index in [9.17, 15) is 4.79 Å². The minimum absolute atomic E-state index is 0.170. The van der Waals surface area contributed by atoms with Crippen molar-refractivity contribution in [3.63, 3.8) is 0 Å². The Morgan fingerprint density at radius 2 is 2.00 bits per heavy atom. The number of rotatable bonds is 10. The van der Waals surface area contributed by atoms with Crippen molar-refractivity contribution < 1.29 is 14.3 Å². The molecule has 0 aliphatic carbocycles. The molecule has 1 aromatic rings. The number of nitrogens with zero attached hydrogens (tertiary/aromatic N) is 3. The first-order chi connectivity index (χ1) is 9.72. The maximum Gasteiger partial charge on any atom is 0.293 e. The molecule has 1 aromatic heterocycles. The summed E-state index contributed by atoms with van der Waals surface area (Å²) in [7, 11) is 3.26. The van der Waals surface area contributed by atoms with Gasteiger partial charge in [-0.1, -0.05) is 6.92 Å². The van der Waals surface area contributed by atoms with Gasteiger partial charge in [-0.3, -0.25) is 9.89 Å². The fraction of sp³-hybridized carbons (Fsp3) is 0.769. The average Bonchev–Trinajstić information content (AvgIpc) is 2.91. The van der Waals surface area contributed by atoms with E-state index >= 15 is 0 Å². The van der Waals surface area contributed by atoms with Gasteiger partial charge in [0.05, 0.1) is 6.61 Å². The van der Waals surface area contributed by atoms with Crippen molar-refractivity contribution in [3.05, 3.63) is 11.6 Å². The van der Waals surface area contributed by atoms with Crippen molar-refractivity contribution in [1.29, 1.82) is 0 Å². The lowest BCUT2D eigenvalue weighted by molar-refractivity contribution is 0.0662. The van der Waals surface area contributed by atoms with Crippen LogP contribution in [0.15, 0.2) is 0 Å². The molecule has 1 heterocycles. The lowest BCUT2D eigenvalue weighted by Gasteiger charge is -2.20. The summed E-state index contributed by atoms with van der Waals surface area (Å²) in [6.45, 7) is 4.29. The first kappa shape index (κ1) is 16.6. The summed E-state index contributed by atoms with van der Waals surface area (Å²) >= 11 is 0. The van der Waals surface area contributed by atoms with Crippen LogP contribution < -0.4 is 0 Å². The van der Waals surface area contributed by atoms with Gasteiger partial charge in [-0.2, -0.15) is 0 Å². The SMILES string of the molecule is CCCc1nc(C(=O)N(CCCOC)CCOC)n[nH]1. The molecular weight excluding hydrogens is 260 g/mol. The monoisotopic (exact) mass is 284 g/mol. The smallest absolute Gasteiger partial charge is 0.293 e. The van der Waals surface area contributed by atoms with Crippen molar-refractivity contribution >= 4 is 5.91 Å². The Morgan fingerprint density at radius 3 is 2.65 bits per heavy atom. The molecule has 1 amide bonds. The van der Waals surface area contributed by atoms with E-state index in [4.69, 9.17) is 9.47 Å². The molecule has 0 aliphatic heterocycles. The lowest BCUT2D eigenvalue weighted by Crippen LogP contribution is -2.36. The topological polar surface area (TPSA) is 80.3 Å². The highest BCUT2D eigenvalue weighted by molar-refractivity contribution is 5.90.